The van der Waals surface area contributed by atoms with Gasteiger partial charge in [-0.25, -0.2) is 4.98 Å². The van der Waals surface area contributed by atoms with Gasteiger partial charge in [0.15, 0.2) is 5.78 Å². The van der Waals surface area contributed by atoms with Crippen LogP contribution < -0.4 is 10.1 Å². The quantitative estimate of drug-likeness (QED) is 0.435. The number of Topliss-reactive ketones (excluding diaryl/α,β-unsaturated/α-hetero) is 1. The molecule has 0 spiro atoms. The molecule has 1 aliphatic rings. The van der Waals surface area contributed by atoms with Gasteiger partial charge < -0.3 is 15.2 Å². The number of aryl methyl sites for hydroxylation is 1. The summed E-state index contributed by atoms with van der Waals surface area (Å²) in [6.45, 7) is 1.50. The van der Waals surface area contributed by atoms with Crippen LogP contribution >= 0.6 is 0 Å². The average Bonchev–Trinajstić information content (AvgIpc) is 3.16. The van der Waals surface area contributed by atoms with Crippen LogP contribution in [0.5, 0.6) is 5.88 Å². The lowest BCUT2D eigenvalue weighted by Gasteiger charge is -2.27. The van der Waals surface area contributed by atoms with Gasteiger partial charge in [0.05, 0.1) is 24.9 Å². The molecular weight excluding hydrogens is 406 g/mol. The van der Waals surface area contributed by atoms with Crippen LogP contribution in [0.25, 0.3) is 21.9 Å². The molecule has 4 aromatic rings. The number of aromatic nitrogens is 4. The molecule has 0 radical (unpaired) electrons. The van der Waals surface area contributed by atoms with Gasteiger partial charge in [-0.2, -0.15) is 5.10 Å². The first kappa shape index (κ1) is 20.3. The SMILES string of the molecule is Cn1ncc(-c2ccc3cnc(CC(=O)c4ccnc(OC5CNC5)c4)cc3c2)c1CO. The fraction of sp³-hybridized carbons (Fsp3) is 0.250. The Bertz CT molecular complexity index is 1300. The van der Waals surface area contributed by atoms with E-state index < -0.39 is 0 Å². The second-order valence-electron chi connectivity index (χ2n) is 7.91. The van der Waals surface area contributed by atoms with Crippen molar-refractivity contribution < 1.29 is 14.6 Å². The number of hydrogen-bond acceptors (Lipinski definition) is 7. The van der Waals surface area contributed by atoms with Crippen LogP contribution in [0.3, 0.4) is 0 Å². The van der Waals surface area contributed by atoms with Gasteiger partial charge in [-0.3, -0.25) is 14.5 Å². The van der Waals surface area contributed by atoms with Crippen LogP contribution in [-0.4, -0.2) is 49.8 Å². The smallest absolute Gasteiger partial charge is 0.214 e. The number of aliphatic hydroxyl groups is 1. The molecular formula is C24H23N5O3. The third kappa shape index (κ3) is 3.98. The standard InChI is InChI=1S/C24H23N5O3/c1-29-22(14-30)21(13-28-29)15-2-3-17-10-27-19(7-18(17)6-15)9-23(31)16-4-5-26-24(8-16)32-20-11-25-12-20/h2-8,10,13,20,25,30H,9,11-12,14H2,1H3. The zero-order chi connectivity index (χ0) is 22.1. The van der Waals surface area contributed by atoms with Gasteiger partial charge in [0.2, 0.25) is 5.88 Å². The molecule has 1 fully saturated rings. The molecule has 0 saturated carbocycles. The molecule has 8 heteroatoms. The number of nitrogens with zero attached hydrogens (tertiary/aromatic N) is 4. The van der Waals surface area contributed by atoms with E-state index in [9.17, 15) is 9.90 Å². The Balaban J connectivity index is 1.38. The second kappa shape index (κ2) is 8.49. The summed E-state index contributed by atoms with van der Waals surface area (Å²) in [5, 5.41) is 19.0. The largest absolute Gasteiger partial charge is 0.472 e. The molecule has 2 N–H and O–H groups in total. The van der Waals surface area contributed by atoms with Crippen molar-refractivity contribution in [2.75, 3.05) is 13.1 Å². The molecule has 8 nitrogen and oxygen atoms in total. The molecule has 0 atom stereocenters. The Morgan fingerprint density at radius 2 is 2.03 bits per heavy atom. The summed E-state index contributed by atoms with van der Waals surface area (Å²) in [6, 6.07) is 11.3. The molecule has 1 aliphatic heterocycles. The number of rotatable bonds is 7. The summed E-state index contributed by atoms with van der Waals surface area (Å²) in [5.74, 6) is 0.427. The predicted octanol–water partition coefficient (Wildman–Crippen LogP) is 2.30. The molecule has 4 heterocycles. The lowest BCUT2D eigenvalue weighted by molar-refractivity contribution is 0.0989. The van der Waals surface area contributed by atoms with Crippen LogP contribution in [-0.2, 0) is 20.1 Å². The first-order chi connectivity index (χ1) is 15.6. The Morgan fingerprint density at radius 1 is 1.16 bits per heavy atom. The van der Waals surface area contributed by atoms with E-state index in [-0.39, 0.29) is 24.9 Å². The number of benzene rings is 1. The summed E-state index contributed by atoms with van der Waals surface area (Å²) < 4.78 is 7.43. The van der Waals surface area contributed by atoms with E-state index in [1.54, 1.807) is 35.4 Å². The van der Waals surface area contributed by atoms with Crippen molar-refractivity contribution in [1.29, 1.82) is 0 Å². The minimum Gasteiger partial charge on any atom is -0.472 e. The number of carbonyl (C=O) groups is 1. The van der Waals surface area contributed by atoms with Crippen LogP contribution in [0, 0.1) is 0 Å². The Hall–Kier alpha value is -3.62. The van der Waals surface area contributed by atoms with E-state index in [1.807, 2.05) is 31.3 Å². The van der Waals surface area contributed by atoms with E-state index >= 15 is 0 Å². The lowest BCUT2D eigenvalue weighted by atomic mass is 10.0. The number of hydrogen-bond donors (Lipinski definition) is 2. The van der Waals surface area contributed by atoms with Crippen LogP contribution in [0.4, 0.5) is 0 Å². The van der Waals surface area contributed by atoms with Gasteiger partial charge in [-0.15, -0.1) is 0 Å². The van der Waals surface area contributed by atoms with E-state index in [1.165, 1.54) is 0 Å². The molecule has 0 bridgehead atoms. The maximum atomic E-state index is 12.9. The summed E-state index contributed by atoms with van der Waals surface area (Å²) in [4.78, 5) is 21.5. The van der Waals surface area contributed by atoms with E-state index in [2.05, 4.69) is 20.4 Å². The number of pyridine rings is 2. The first-order valence-corrected chi connectivity index (χ1v) is 10.5. The zero-order valence-corrected chi connectivity index (χ0v) is 17.7. The zero-order valence-electron chi connectivity index (χ0n) is 17.7. The molecule has 162 valence electrons. The maximum Gasteiger partial charge on any atom is 0.214 e. The number of carbonyl (C=O) groups excluding carboxylic acids is 1. The Kier molecular flexibility index (Phi) is 5.38. The first-order valence-electron chi connectivity index (χ1n) is 10.5. The highest BCUT2D eigenvalue weighted by Crippen LogP contribution is 2.27. The van der Waals surface area contributed by atoms with E-state index in [0.717, 1.165) is 40.7 Å². The van der Waals surface area contributed by atoms with Gasteiger partial charge in [0, 0.05) is 60.8 Å². The van der Waals surface area contributed by atoms with E-state index in [4.69, 9.17) is 4.74 Å². The summed E-state index contributed by atoms with van der Waals surface area (Å²) >= 11 is 0. The topological polar surface area (TPSA) is 102 Å². The van der Waals surface area contributed by atoms with Crippen molar-refractivity contribution in [3.63, 3.8) is 0 Å². The highest BCUT2D eigenvalue weighted by atomic mass is 16.5. The molecule has 3 aromatic heterocycles. The van der Waals surface area contributed by atoms with Crippen LogP contribution in [0.2, 0.25) is 0 Å². The van der Waals surface area contributed by atoms with Crippen molar-refractivity contribution in [2.45, 2.75) is 19.1 Å². The third-order valence-electron chi connectivity index (χ3n) is 5.73. The molecule has 0 unspecified atom stereocenters. The molecule has 5 rings (SSSR count). The monoisotopic (exact) mass is 429 g/mol. The van der Waals surface area contributed by atoms with E-state index in [0.29, 0.717) is 17.1 Å². The average molecular weight is 429 g/mol. The van der Waals surface area contributed by atoms with Gasteiger partial charge in [0.25, 0.3) is 0 Å². The fourth-order valence-corrected chi connectivity index (χ4v) is 3.77. The van der Waals surface area contributed by atoms with Crippen molar-refractivity contribution in [3.8, 4) is 17.0 Å². The van der Waals surface area contributed by atoms with Crippen molar-refractivity contribution in [1.82, 2.24) is 25.1 Å². The molecule has 1 saturated heterocycles. The second-order valence-corrected chi connectivity index (χ2v) is 7.91. The Labute approximate surface area is 184 Å². The van der Waals surface area contributed by atoms with Crippen molar-refractivity contribution in [3.05, 3.63) is 71.9 Å². The Morgan fingerprint density at radius 3 is 2.81 bits per heavy atom. The van der Waals surface area contributed by atoms with Gasteiger partial charge in [-0.05, 0) is 29.1 Å². The number of ether oxygens (including phenoxy) is 1. The van der Waals surface area contributed by atoms with Crippen LogP contribution in [0.15, 0.2) is 55.0 Å². The highest BCUT2D eigenvalue weighted by Gasteiger charge is 2.19. The third-order valence-corrected chi connectivity index (χ3v) is 5.73. The lowest BCUT2D eigenvalue weighted by Crippen LogP contribution is -2.50. The minimum atomic E-state index is -0.0884. The normalized spacial score (nSPS) is 13.8. The predicted molar refractivity (Wildman–Crippen MR) is 119 cm³/mol. The number of ketones is 1. The van der Waals surface area contributed by atoms with Crippen molar-refractivity contribution >= 4 is 16.6 Å². The molecule has 0 amide bonds. The molecule has 1 aromatic carbocycles. The van der Waals surface area contributed by atoms with Gasteiger partial charge in [0.1, 0.15) is 6.10 Å². The fourth-order valence-electron chi connectivity index (χ4n) is 3.77. The van der Waals surface area contributed by atoms with Gasteiger partial charge >= 0.3 is 0 Å². The summed E-state index contributed by atoms with van der Waals surface area (Å²) in [6.07, 6.45) is 5.42. The molecule has 32 heavy (non-hydrogen) atoms. The number of aliphatic hydroxyl groups excluding tert-OH is 1. The van der Waals surface area contributed by atoms with Crippen LogP contribution in [0.1, 0.15) is 21.7 Å². The van der Waals surface area contributed by atoms with Crippen molar-refractivity contribution in [2.24, 2.45) is 7.05 Å². The molecule has 0 aliphatic carbocycles. The summed E-state index contributed by atoms with van der Waals surface area (Å²) in [5.41, 5.74) is 3.84. The summed E-state index contributed by atoms with van der Waals surface area (Å²) in [7, 11) is 1.81. The maximum absolute atomic E-state index is 12.9. The number of nitrogens with one attached hydrogen (secondary N) is 1. The van der Waals surface area contributed by atoms with Gasteiger partial charge in [-0.1, -0.05) is 12.1 Å². The highest BCUT2D eigenvalue weighted by molar-refractivity contribution is 5.98. The minimum absolute atomic E-state index is 0.0400. The number of fused-ring (bicyclic) bond motifs is 1.